The van der Waals surface area contributed by atoms with Crippen molar-refractivity contribution in [2.24, 2.45) is 0 Å². The minimum absolute atomic E-state index is 0.128. The predicted octanol–water partition coefficient (Wildman–Crippen LogP) is 5.27. The third kappa shape index (κ3) is 3.75. The molecule has 0 fully saturated rings. The maximum atomic E-state index is 13.7. The predicted molar refractivity (Wildman–Crippen MR) is 87.8 cm³/mol. The van der Waals surface area contributed by atoms with E-state index in [-0.39, 0.29) is 10.6 Å². The maximum absolute atomic E-state index is 13.7. The van der Waals surface area contributed by atoms with Gasteiger partial charge in [-0.15, -0.1) is 0 Å². The van der Waals surface area contributed by atoms with Crippen molar-refractivity contribution in [3.8, 4) is 5.75 Å². The van der Waals surface area contributed by atoms with Crippen molar-refractivity contribution in [3.05, 3.63) is 55.7 Å². The SMILES string of the molecule is COc1cc(NC(=O)c2cc(Cl)ccc2F)c(Br)cc1Br. The number of nitrogens with one attached hydrogen (secondary N) is 1. The van der Waals surface area contributed by atoms with Gasteiger partial charge in [-0.05, 0) is 56.1 Å². The average molecular weight is 437 g/mol. The van der Waals surface area contributed by atoms with E-state index in [0.29, 0.717) is 15.9 Å². The van der Waals surface area contributed by atoms with Crippen LogP contribution in [0.25, 0.3) is 0 Å². The van der Waals surface area contributed by atoms with Crippen LogP contribution in [0.4, 0.5) is 10.1 Å². The van der Waals surface area contributed by atoms with E-state index < -0.39 is 11.7 Å². The summed E-state index contributed by atoms with van der Waals surface area (Å²) in [5, 5.41) is 2.90. The number of benzene rings is 2. The van der Waals surface area contributed by atoms with Crippen LogP contribution in [0.15, 0.2) is 39.3 Å². The van der Waals surface area contributed by atoms with Crippen molar-refractivity contribution >= 4 is 55.1 Å². The van der Waals surface area contributed by atoms with Gasteiger partial charge in [0.25, 0.3) is 5.91 Å². The molecule has 0 aliphatic carbocycles. The van der Waals surface area contributed by atoms with Crippen molar-refractivity contribution in [2.45, 2.75) is 0 Å². The molecule has 1 amide bonds. The Kier molecular flexibility index (Phi) is 5.24. The first kappa shape index (κ1) is 16.3. The Labute approximate surface area is 142 Å². The molecule has 0 saturated carbocycles. The molecule has 0 bridgehead atoms. The van der Waals surface area contributed by atoms with Crippen LogP contribution in [-0.2, 0) is 0 Å². The Morgan fingerprint density at radius 3 is 2.62 bits per heavy atom. The number of hydrogen-bond donors (Lipinski definition) is 1. The lowest BCUT2D eigenvalue weighted by Crippen LogP contribution is -2.14. The van der Waals surface area contributed by atoms with Crippen LogP contribution in [0.2, 0.25) is 5.02 Å². The van der Waals surface area contributed by atoms with Crippen molar-refractivity contribution in [1.82, 2.24) is 0 Å². The zero-order chi connectivity index (χ0) is 15.6. The molecule has 0 heterocycles. The van der Waals surface area contributed by atoms with Crippen molar-refractivity contribution in [3.63, 3.8) is 0 Å². The maximum Gasteiger partial charge on any atom is 0.258 e. The van der Waals surface area contributed by atoms with E-state index in [2.05, 4.69) is 37.2 Å². The number of halogens is 4. The van der Waals surface area contributed by atoms with Crippen LogP contribution in [0.5, 0.6) is 5.75 Å². The first-order valence-electron chi connectivity index (χ1n) is 5.72. The Hall–Kier alpha value is -1.11. The fourth-order valence-corrected chi connectivity index (χ4v) is 3.07. The number of carbonyl (C=O) groups is 1. The number of methoxy groups -OCH3 is 1. The highest BCUT2D eigenvalue weighted by Gasteiger charge is 2.15. The normalized spacial score (nSPS) is 10.3. The molecule has 2 aromatic rings. The summed E-state index contributed by atoms with van der Waals surface area (Å²) in [5.74, 6) is -0.697. The van der Waals surface area contributed by atoms with Crippen LogP contribution in [-0.4, -0.2) is 13.0 Å². The second-order valence-corrected chi connectivity index (χ2v) is 6.19. The van der Waals surface area contributed by atoms with Gasteiger partial charge in [0.05, 0.1) is 22.8 Å². The molecule has 0 spiro atoms. The Balaban J connectivity index is 2.33. The lowest BCUT2D eigenvalue weighted by atomic mass is 10.2. The molecule has 0 aliphatic heterocycles. The monoisotopic (exact) mass is 435 g/mol. The van der Waals surface area contributed by atoms with E-state index in [4.69, 9.17) is 16.3 Å². The Morgan fingerprint density at radius 1 is 1.24 bits per heavy atom. The second-order valence-electron chi connectivity index (χ2n) is 4.04. The zero-order valence-corrected chi connectivity index (χ0v) is 14.6. The molecule has 0 unspecified atom stereocenters. The van der Waals surface area contributed by atoms with E-state index in [1.54, 1.807) is 12.1 Å². The fourth-order valence-electron chi connectivity index (χ4n) is 1.64. The van der Waals surface area contributed by atoms with E-state index >= 15 is 0 Å². The smallest absolute Gasteiger partial charge is 0.258 e. The molecule has 21 heavy (non-hydrogen) atoms. The molecular formula is C14H9Br2ClFNO2. The second kappa shape index (κ2) is 6.77. The van der Waals surface area contributed by atoms with Crippen LogP contribution in [0, 0.1) is 5.82 Å². The van der Waals surface area contributed by atoms with Crippen LogP contribution in [0.3, 0.4) is 0 Å². The number of carbonyl (C=O) groups excluding carboxylic acids is 1. The third-order valence-electron chi connectivity index (χ3n) is 2.66. The standard InChI is InChI=1S/C14H9Br2ClFNO2/c1-21-13-6-12(9(15)5-10(13)16)19-14(20)8-4-7(17)2-3-11(8)18/h2-6H,1H3,(H,19,20). The number of ether oxygens (including phenoxy) is 1. The molecule has 0 aromatic heterocycles. The lowest BCUT2D eigenvalue weighted by Gasteiger charge is -2.11. The Bertz CT molecular complexity index is 710. The van der Waals surface area contributed by atoms with Gasteiger partial charge in [0, 0.05) is 15.6 Å². The van der Waals surface area contributed by atoms with E-state index in [1.807, 2.05) is 0 Å². The fraction of sp³-hybridized carbons (Fsp3) is 0.0714. The lowest BCUT2D eigenvalue weighted by molar-refractivity contribution is 0.102. The highest BCUT2D eigenvalue weighted by atomic mass is 79.9. The topological polar surface area (TPSA) is 38.3 Å². The molecule has 2 aromatic carbocycles. The van der Waals surface area contributed by atoms with Crippen molar-refractivity contribution in [1.29, 1.82) is 0 Å². The summed E-state index contributed by atoms with van der Waals surface area (Å²) in [5.41, 5.74) is 0.329. The quantitative estimate of drug-likeness (QED) is 0.711. The summed E-state index contributed by atoms with van der Waals surface area (Å²) in [6.45, 7) is 0. The van der Waals surface area contributed by atoms with Gasteiger partial charge in [-0.2, -0.15) is 0 Å². The van der Waals surface area contributed by atoms with Crippen LogP contribution >= 0.6 is 43.5 Å². The summed E-state index contributed by atoms with van der Waals surface area (Å²) in [7, 11) is 1.51. The first-order valence-corrected chi connectivity index (χ1v) is 7.68. The molecule has 2 rings (SSSR count). The molecule has 7 heteroatoms. The number of anilines is 1. The van der Waals surface area contributed by atoms with Gasteiger partial charge in [-0.3, -0.25) is 4.79 Å². The summed E-state index contributed by atoms with van der Waals surface area (Å²) < 4.78 is 20.2. The molecular weight excluding hydrogens is 428 g/mol. The minimum atomic E-state index is -0.642. The van der Waals surface area contributed by atoms with E-state index in [1.165, 1.54) is 19.2 Å². The highest BCUT2D eigenvalue weighted by molar-refractivity contribution is 9.11. The van der Waals surface area contributed by atoms with Gasteiger partial charge in [0.15, 0.2) is 0 Å². The summed E-state index contributed by atoms with van der Waals surface area (Å²) in [4.78, 5) is 12.1. The zero-order valence-electron chi connectivity index (χ0n) is 10.7. The number of hydrogen-bond acceptors (Lipinski definition) is 2. The minimum Gasteiger partial charge on any atom is -0.495 e. The number of amides is 1. The summed E-state index contributed by atoms with van der Waals surface area (Å²) >= 11 is 12.4. The van der Waals surface area contributed by atoms with Gasteiger partial charge in [-0.1, -0.05) is 11.6 Å². The number of rotatable bonds is 3. The van der Waals surface area contributed by atoms with E-state index in [9.17, 15) is 9.18 Å². The summed E-state index contributed by atoms with van der Waals surface area (Å²) in [6, 6.07) is 7.15. The van der Waals surface area contributed by atoms with Crippen molar-refractivity contribution < 1.29 is 13.9 Å². The average Bonchev–Trinajstić information content (AvgIpc) is 2.44. The summed E-state index contributed by atoms with van der Waals surface area (Å²) in [6.07, 6.45) is 0. The van der Waals surface area contributed by atoms with Gasteiger partial charge in [0.1, 0.15) is 11.6 Å². The molecule has 110 valence electrons. The van der Waals surface area contributed by atoms with Gasteiger partial charge in [-0.25, -0.2) is 4.39 Å². The first-order chi connectivity index (χ1) is 9.92. The third-order valence-corrected chi connectivity index (χ3v) is 4.17. The molecule has 3 nitrogen and oxygen atoms in total. The van der Waals surface area contributed by atoms with Gasteiger partial charge >= 0.3 is 0 Å². The van der Waals surface area contributed by atoms with Crippen LogP contribution in [0.1, 0.15) is 10.4 Å². The van der Waals surface area contributed by atoms with Crippen LogP contribution < -0.4 is 10.1 Å². The molecule has 0 radical (unpaired) electrons. The molecule has 0 saturated heterocycles. The molecule has 0 aliphatic rings. The molecule has 0 atom stereocenters. The largest absolute Gasteiger partial charge is 0.495 e. The van der Waals surface area contributed by atoms with Crippen molar-refractivity contribution in [2.75, 3.05) is 12.4 Å². The highest BCUT2D eigenvalue weighted by Crippen LogP contribution is 2.34. The molecule has 1 N–H and O–H groups in total. The van der Waals surface area contributed by atoms with Gasteiger partial charge < -0.3 is 10.1 Å². The Morgan fingerprint density at radius 2 is 1.95 bits per heavy atom. The van der Waals surface area contributed by atoms with Gasteiger partial charge in [0.2, 0.25) is 0 Å². The van der Waals surface area contributed by atoms with E-state index in [0.717, 1.165) is 10.5 Å².